The molecule has 0 saturated carbocycles. The summed E-state index contributed by atoms with van der Waals surface area (Å²) in [6.07, 6.45) is 0.441. The van der Waals surface area contributed by atoms with E-state index in [1.54, 1.807) is 7.05 Å². The maximum atomic E-state index is 12.9. The van der Waals surface area contributed by atoms with E-state index in [9.17, 15) is 17.6 Å². The van der Waals surface area contributed by atoms with Crippen molar-refractivity contribution >= 4 is 15.7 Å². The molecule has 3 rings (SSSR count). The molecule has 1 aliphatic heterocycles. The Bertz CT molecular complexity index is 850. The second-order valence-corrected chi connectivity index (χ2v) is 7.94. The van der Waals surface area contributed by atoms with E-state index in [2.05, 4.69) is 15.4 Å². The summed E-state index contributed by atoms with van der Waals surface area (Å²) in [5.74, 6) is -0.282. The van der Waals surface area contributed by atoms with Gasteiger partial charge >= 0.3 is 0 Å². The highest BCUT2D eigenvalue weighted by atomic mass is 32.2. The zero-order valence-corrected chi connectivity index (χ0v) is 13.8. The molecule has 0 unspecified atom stereocenters. The first-order chi connectivity index (χ1) is 11.3. The standard InChI is InChI=1S/C14H16FN5O3S/c1-19(12-6-7-24(22,23)9-12)13(21)8-20-17-14(16-18-20)10-2-4-11(15)5-3-10/h2-5,12H,6-9H2,1H3/t12-/m1/s1. The Hall–Kier alpha value is -2.36. The molecule has 1 atom stereocenters. The van der Waals surface area contributed by atoms with Crippen LogP contribution in [0.15, 0.2) is 24.3 Å². The number of likely N-dealkylation sites (N-methyl/N-ethyl adjacent to an activating group) is 1. The molecule has 1 aliphatic rings. The molecule has 1 fully saturated rings. The van der Waals surface area contributed by atoms with Crippen LogP contribution in [0.5, 0.6) is 0 Å². The Labute approximate surface area is 138 Å². The second-order valence-electron chi connectivity index (χ2n) is 5.71. The molecule has 2 aromatic rings. The summed E-state index contributed by atoms with van der Waals surface area (Å²) in [5, 5.41) is 11.7. The van der Waals surface area contributed by atoms with Gasteiger partial charge in [-0.25, -0.2) is 12.8 Å². The topological polar surface area (TPSA) is 98.1 Å². The van der Waals surface area contributed by atoms with Gasteiger partial charge in [0.2, 0.25) is 11.7 Å². The fourth-order valence-corrected chi connectivity index (χ4v) is 4.32. The number of rotatable bonds is 4. The third-order valence-corrected chi connectivity index (χ3v) is 5.73. The number of carbonyl (C=O) groups is 1. The lowest BCUT2D eigenvalue weighted by Gasteiger charge is -2.22. The van der Waals surface area contributed by atoms with E-state index in [1.807, 2.05) is 0 Å². The van der Waals surface area contributed by atoms with Crippen LogP contribution < -0.4 is 0 Å². The molecule has 128 valence electrons. The summed E-state index contributed by atoms with van der Waals surface area (Å²) in [6.45, 7) is -0.138. The number of benzene rings is 1. The molecule has 0 N–H and O–H groups in total. The molecule has 10 heteroatoms. The van der Waals surface area contributed by atoms with E-state index in [0.717, 1.165) is 4.80 Å². The van der Waals surface area contributed by atoms with Crippen LogP contribution in [-0.2, 0) is 21.2 Å². The number of aromatic nitrogens is 4. The fraction of sp³-hybridized carbons (Fsp3) is 0.429. The average molecular weight is 353 g/mol. The number of hydrogen-bond donors (Lipinski definition) is 0. The van der Waals surface area contributed by atoms with Crippen LogP contribution in [0.25, 0.3) is 11.4 Å². The van der Waals surface area contributed by atoms with Crippen molar-refractivity contribution in [1.29, 1.82) is 0 Å². The van der Waals surface area contributed by atoms with Crippen LogP contribution in [0.3, 0.4) is 0 Å². The molecule has 0 radical (unpaired) electrons. The van der Waals surface area contributed by atoms with E-state index >= 15 is 0 Å². The molecule has 0 spiro atoms. The highest BCUT2D eigenvalue weighted by Crippen LogP contribution is 2.17. The normalized spacial score (nSPS) is 19.3. The van der Waals surface area contributed by atoms with Gasteiger partial charge in [-0.3, -0.25) is 4.79 Å². The Kier molecular flexibility index (Phi) is 4.31. The van der Waals surface area contributed by atoms with Crippen LogP contribution >= 0.6 is 0 Å². The van der Waals surface area contributed by atoms with Gasteiger partial charge in [-0.2, -0.15) is 4.80 Å². The number of amides is 1. The maximum Gasteiger partial charge on any atom is 0.246 e. The molecule has 8 nitrogen and oxygen atoms in total. The Morgan fingerprint density at radius 3 is 2.71 bits per heavy atom. The van der Waals surface area contributed by atoms with Gasteiger partial charge in [-0.1, -0.05) is 0 Å². The van der Waals surface area contributed by atoms with Crippen LogP contribution in [0.1, 0.15) is 6.42 Å². The molecule has 0 aliphatic carbocycles. The summed E-state index contributed by atoms with van der Waals surface area (Å²) in [6, 6.07) is 5.30. The Morgan fingerprint density at radius 1 is 1.38 bits per heavy atom. The van der Waals surface area contributed by atoms with Crippen LogP contribution in [-0.4, -0.2) is 64.0 Å². The van der Waals surface area contributed by atoms with Gasteiger partial charge in [0.05, 0.1) is 11.5 Å². The predicted octanol–water partition coefficient (Wildman–Crippen LogP) is 0.125. The molecule has 1 amide bonds. The van der Waals surface area contributed by atoms with Gasteiger partial charge in [0.15, 0.2) is 9.84 Å². The smallest absolute Gasteiger partial charge is 0.246 e. The average Bonchev–Trinajstić information content (AvgIpc) is 3.13. The van der Waals surface area contributed by atoms with Crippen molar-refractivity contribution in [3.05, 3.63) is 30.1 Å². The molecule has 1 saturated heterocycles. The van der Waals surface area contributed by atoms with Crippen LogP contribution in [0.2, 0.25) is 0 Å². The summed E-state index contributed by atoms with van der Waals surface area (Å²) in [7, 11) is -1.48. The Balaban J connectivity index is 1.66. The minimum Gasteiger partial charge on any atom is -0.340 e. The highest BCUT2D eigenvalue weighted by Gasteiger charge is 2.32. The first kappa shape index (κ1) is 16.5. The number of nitrogens with zero attached hydrogens (tertiary/aromatic N) is 5. The van der Waals surface area contributed by atoms with Crippen molar-refractivity contribution in [2.24, 2.45) is 0 Å². The highest BCUT2D eigenvalue weighted by molar-refractivity contribution is 7.91. The van der Waals surface area contributed by atoms with E-state index in [1.165, 1.54) is 29.2 Å². The van der Waals surface area contributed by atoms with Crippen molar-refractivity contribution < 1.29 is 17.6 Å². The molecule has 1 aromatic heterocycles. The Morgan fingerprint density at radius 2 is 2.08 bits per heavy atom. The predicted molar refractivity (Wildman–Crippen MR) is 83.0 cm³/mol. The lowest BCUT2D eigenvalue weighted by atomic mass is 10.2. The fourth-order valence-electron chi connectivity index (χ4n) is 2.54. The van der Waals surface area contributed by atoms with E-state index in [-0.39, 0.29) is 41.6 Å². The van der Waals surface area contributed by atoms with Crippen LogP contribution in [0, 0.1) is 5.82 Å². The lowest BCUT2D eigenvalue weighted by Crippen LogP contribution is -2.40. The van der Waals surface area contributed by atoms with Gasteiger partial charge in [-0.15, -0.1) is 10.2 Å². The third kappa shape index (κ3) is 3.58. The van der Waals surface area contributed by atoms with Crippen molar-refractivity contribution in [1.82, 2.24) is 25.1 Å². The number of sulfone groups is 1. The summed E-state index contributed by atoms with van der Waals surface area (Å²) >= 11 is 0. The van der Waals surface area contributed by atoms with Crippen molar-refractivity contribution in [2.45, 2.75) is 19.0 Å². The second kappa shape index (κ2) is 6.27. The minimum atomic E-state index is -3.06. The van der Waals surface area contributed by atoms with Gasteiger partial charge in [-0.05, 0) is 35.9 Å². The largest absolute Gasteiger partial charge is 0.340 e. The van der Waals surface area contributed by atoms with E-state index in [4.69, 9.17) is 0 Å². The number of hydrogen-bond acceptors (Lipinski definition) is 6. The third-order valence-electron chi connectivity index (χ3n) is 3.98. The lowest BCUT2D eigenvalue weighted by molar-refractivity contribution is -0.132. The minimum absolute atomic E-state index is 0.0130. The van der Waals surface area contributed by atoms with Crippen LogP contribution in [0.4, 0.5) is 4.39 Å². The summed E-state index contributed by atoms with van der Waals surface area (Å²) in [4.78, 5) is 14.8. The van der Waals surface area contributed by atoms with Gasteiger partial charge in [0.25, 0.3) is 0 Å². The summed E-state index contributed by atoms with van der Waals surface area (Å²) in [5.41, 5.74) is 0.588. The van der Waals surface area contributed by atoms with Gasteiger partial charge in [0, 0.05) is 18.7 Å². The number of carbonyl (C=O) groups excluding carboxylic acids is 1. The quantitative estimate of drug-likeness (QED) is 0.775. The maximum absolute atomic E-state index is 12.9. The first-order valence-corrected chi connectivity index (χ1v) is 9.16. The molecule has 0 bridgehead atoms. The van der Waals surface area contributed by atoms with Gasteiger partial charge < -0.3 is 4.90 Å². The number of tetrazole rings is 1. The molecule has 2 heterocycles. The van der Waals surface area contributed by atoms with Crippen molar-refractivity contribution in [2.75, 3.05) is 18.6 Å². The zero-order valence-electron chi connectivity index (χ0n) is 13.0. The van der Waals surface area contributed by atoms with Crippen molar-refractivity contribution in [3.8, 4) is 11.4 Å². The van der Waals surface area contributed by atoms with E-state index < -0.39 is 9.84 Å². The summed E-state index contributed by atoms with van der Waals surface area (Å²) < 4.78 is 35.9. The van der Waals surface area contributed by atoms with Gasteiger partial charge in [0.1, 0.15) is 12.4 Å². The molecular formula is C14H16FN5O3S. The van der Waals surface area contributed by atoms with Crippen molar-refractivity contribution in [3.63, 3.8) is 0 Å². The molecule has 1 aromatic carbocycles. The number of halogens is 1. The monoisotopic (exact) mass is 353 g/mol. The van der Waals surface area contributed by atoms with E-state index in [0.29, 0.717) is 12.0 Å². The molecular weight excluding hydrogens is 337 g/mol. The SMILES string of the molecule is CN(C(=O)Cn1nnc(-c2ccc(F)cc2)n1)[C@@H]1CCS(=O)(=O)C1. The molecule has 24 heavy (non-hydrogen) atoms. The zero-order chi connectivity index (χ0) is 17.3. The first-order valence-electron chi connectivity index (χ1n) is 7.34.